The van der Waals surface area contributed by atoms with E-state index in [1.807, 2.05) is 38.4 Å². The van der Waals surface area contributed by atoms with Crippen molar-refractivity contribution in [2.75, 3.05) is 26.2 Å². The van der Waals surface area contributed by atoms with Crippen molar-refractivity contribution < 1.29 is 8.42 Å². The van der Waals surface area contributed by atoms with Gasteiger partial charge < -0.3 is 0 Å². The lowest BCUT2D eigenvalue weighted by Gasteiger charge is -2.34. The second kappa shape index (κ2) is 7.33. The minimum atomic E-state index is -3.26. The molecule has 1 fully saturated rings. The van der Waals surface area contributed by atoms with Crippen LogP contribution in [-0.2, 0) is 16.6 Å². The molecule has 5 nitrogen and oxygen atoms in total. The van der Waals surface area contributed by atoms with Crippen LogP contribution >= 0.6 is 0 Å². The van der Waals surface area contributed by atoms with E-state index in [4.69, 9.17) is 0 Å². The van der Waals surface area contributed by atoms with E-state index in [2.05, 4.69) is 4.98 Å². The third-order valence-corrected chi connectivity index (χ3v) is 6.39. The summed E-state index contributed by atoms with van der Waals surface area (Å²) in [6.07, 6.45) is 6.51. The summed E-state index contributed by atoms with van der Waals surface area (Å²) in [5, 5.41) is 0. The van der Waals surface area contributed by atoms with Gasteiger partial charge in [0.25, 0.3) is 10.2 Å². The highest BCUT2D eigenvalue weighted by molar-refractivity contribution is 7.86. The molecule has 0 atom stereocenters. The summed E-state index contributed by atoms with van der Waals surface area (Å²) in [4.78, 5) is 4.03. The van der Waals surface area contributed by atoms with Gasteiger partial charge in [-0.1, -0.05) is 13.8 Å². The number of piperidine rings is 1. The number of nitrogens with zero attached hydrogens (tertiary/aromatic N) is 3. The van der Waals surface area contributed by atoms with Crippen molar-refractivity contribution in [1.82, 2.24) is 13.6 Å². The highest BCUT2D eigenvalue weighted by atomic mass is 32.2. The molecule has 1 aliphatic rings. The maximum absolute atomic E-state index is 12.5. The van der Waals surface area contributed by atoms with Crippen LogP contribution in [0.2, 0.25) is 0 Å². The van der Waals surface area contributed by atoms with Gasteiger partial charge in [-0.3, -0.25) is 4.98 Å². The van der Waals surface area contributed by atoms with Crippen LogP contribution in [-0.4, -0.2) is 48.2 Å². The molecule has 0 aromatic carbocycles. The molecule has 2 heterocycles. The molecule has 6 heteroatoms. The van der Waals surface area contributed by atoms with E-state index in [0.29, 0.717) is 32.1 Å². The van der Waals surface area contributed by atoms with Gasteiger partial charge in [-0.15, -0.1) is 0 Å². The molecular weight excluding hydrogens is 286 g/mol. The van der Waals surface area contributed by atoms with Crippen LogP contribution in [0.25, 0.3) is 0 Å². The fraction of sp³-hybridized carbons (Fsp3) is 0.667. The van der Waals surface area contributed by atoms with Gasteiger partial charge in [-0.05, 0) is 42.9 Å². The Balaban J connectivity index is 1.91. The Labute approximate surface area is 128 Å². The first kappa shape index (κ1) is 16.4. The third-order valence-electron chi connectivity index (χ3n) is 4.21. The van der Waals surface area contributed by atoms with E-state index in [1.165, 1.54) is 9.87 Å². The molecule has 0 radical (unpaired) electrons. The van der Waals surface area contributed by atoms with Gasteiger partial charge in [0.2, 0.25) is 0 Å². The van der Waals surface area contributed by atoms with Crippen molar-refractivity contribution in [2.24, 2.45) is 5.92 Å². The molecule has 1 aromatic rings. The summed E-state index contributed by atoms with van der Waals surface area (Å²) in [7, 11) is -3.26. The summed E-state index contributed by atoms with van der Waals surface area (Å²) in [5.41, 5.74) is 1.29. The van der Waals surface area contributed by atoms with Gasteiger partial charge in [-0.2, -0.15) is 17.0 Å². The Morgan fingerprint density at radius 2 is 1.76 bits per heavy atom. The quantitative estimate of drug-likeness (QED) is 0.806. The fourth-order valence-electron chi connectivity index (χ4n) is 2.91. The second-order valence-corrected chi connectivity index (χ2v) is 7.42. The van der Waals surface area contributed by atoms with Crippen molar-refractivity contribution in [2.45, 2.75) is 33.1 Å². The Morgan fingerprint density at radius 1 is 1.19 bits per heavy atom. The Hall–Kier alpha value is -0.980. The van der Waals surface area contributed by atoms with E-state index >= 15 is 0 Å². The predicted octanol–water partition coefficient (Wildman–Crippen LogP) is 1.92. The summed E-state index contributed by atoms with van der Waals surface area (Å²) >= 11 is 0. The number of pyridine rings is 1. The fourth-order valence-corrected chi connectivity index (χ4v) is 4.56. The van der Waals surface area contributed by atoms with E-state index in [9.17, 15) is 8.42 Å². The van der Waals surface area contributed by atoms with Crippen molar-refractivity contribution in [3.63, 3.8) is 0 Å². The van der Waals surface area contributed by atoms with E-state index in [0.717, 1.165) is 19.3 Å². The van der Waals surface area contributed by atoms with Crippen LogP contribution in [0.1, 0.15) is 32.3 Å². The largest absolute Gasteiger partial charge is 0.281 e. The molecule has 0 unspecified atom stereocenters. The minimum Gasteiger partial charge on any atom is -0.265 e. The highest BCUT2D eigenvalue weighted by Crippen LogP contribution is 2.24. The molecular formula is C15H25N3O2S. The van der Waals surface area contributed by atoms with E-state index < -0.39 is 10.2 Å². The van der Waals surface area contributed by atoms with Gasteiger partial charge in [0, 0.05) is 38.6 Å². The lowest BCUT2D eigenvalue weighted by molar-refractivity contribution is 0.255. The second-order valence-electron chi connectivity index (χ2n) is 5.49. The van der Waals surface area contributed by atoms with Crippen LogP contribution in [0.5, 0.6) is 0 Å². The SMILES string of the molecule is CCN(CC)S(=O)(=O)N1CCC(Cc2ccncc2)CC1. The zero-order chi connectivity index (χ0) is 15.3. The topological polar surface area (TPSA) is 53.5 Å². The number of hydrogen-bond donors (Lipinski definition) is 0. The van der Waals surface area contributed by atoms with Crippen molar-refractivity contribution >= 4 is 10.2 Å². The molecule has 118 valence electrons. The average molecular weight is 311 g/mol. The predicted molar refractivity (Wildman–Crippen MR) is 84.1 cm³/mol. The third kappa shape index (κ3) is 4.02. The van der Waals surface area contributed by atoms with Gasteiger partial charge >= 0.3 is 0 Å². The van der Waals surface area contributed by atoms with Crippen LogP contribution in [0.3, 0.4) is 0 Å². The van der Waals surface area contributed by atoms with Crippen LogP contribution < -0.4 is 0 Å². The zero-order valence-corrected chi connectivity index (χ0v) is 13.7. The summed E-state index contributed by atoms with van der Waals surface area (Å²) in [5.74, 6) is 0.565. The first-order valence-corrected chi connectivity index (χ1v) is 9.11. The number of aromatic nitrogens is 1. The molecule has 0 aliphatic carbocycles. The van der Waals surface area contributed by atoms with Crippen molar-refractivity contribution in [1.29, 1.82) is 0 Å². The lowest BCUT2D eigenvalue weighted by Crippen LogP contribution is -2.47. The Kier molecular flexibility index (Phi) is 5.72. The molecule has 0 N–H and O–H groups in total. The van der Waals surface area contributed by atoms with Crippen LogP contribution in [0.15, 0.2) is 24.5 Å². The molecule has 0 amide bonds. The van der Waals surface area contributed by atoms with E-state index in [-0.39, 0.29) is 0 Å². The van der Waals surface area contributed by atoms with E-state index in [1.54, 1.807) is 4.31 Å². The van der Waals surface area contributed by atoms with Gasteiger partial charge in [0.15, 0.2) is 0 Å². The lowest BCUT2D eigenvalue weighted by atomic mass is 9.91. The summed E-state index contributed by atoms with van der Waals surface area (Å²) < 4.78 is 28.1. The van der Waals surface area contributed by atoms with Crippen LogP contribution in [0, 0.1) is 5.92 Å². The minimum absolute atomic E-state index is 0.537. The smallest absolute Gasteiger partial charge is 0.265 e. The maximum Gasteiger partial charge on any atom is 0.281 e. The molecule has 2 rings (SSSR count). The number of rotatable bonds is 6. The van der Waals surface area contributed by atoms with Crippen LogP contribution in [0.4, 0.5) is 0 Å². The number of hydrogen-bond acceptors (Lipinski definition) is 3. The zero-order valence-electron chi connectivity index (χ0n) is 12.9. The molecule has 1 saturated heterocycles. The molecule has 0 saturated carbocycles. The van der Waals surface area contributed by atoms with Gasteiger partial charge in [-0.25, -0.2) is 0 Å². The monoisotopic (exact) mass is 311 g/mol. The average Bonchev–Trinajstić information content (AvgIpc) is 2.50. The molecule has 0 spiro atoms. The molecule has 1 aromatic heterocycles. The molecule has 1 aliphatic heterocycles. The first-order valence-electron chi connectivity index (χ1n) is 7.72. The summed E-state index contributed by atoms with van der Waals surface area (Å²) in [6, 6.07) is 4.08. The Bertz CT molecular complexity index is 521. The summed E-state index contributed by atoms with van der Waals surface area (Å²) in [6.45, 7) is 6.11. The standard InChI is InChI=1S/C15H25N3O2S/c1-3-17(4-2)21(19,20)18-11-7-15(8-12-18)13-14-5-9-16-10-6-14/h5-6,9-10,15H,3-4,7-8,11-13H2,1-2H3. The van der Waals surface area contributed by atoms with Gasteiger partial charge in [0.05, 0.1) is 0 Å². The normalized spacial score (nSPS) is 18.2. The van der Waals surface area contributed by atoms with Gasteiger partial charge in [0.1, 0.15) is 0 Å². The highest BCUT2D eigenvalue weighted by Gasteiger charge is 2.31. The van der Waals surface area contributed by atoms with Crippen molar-refractivity contribution in [3.05, 3.63) is 30.1 Å². The molecule has 21 heavy (non-hydrogen) atoms. The van der Waals surface area contributed by atoms with Crippen molar-refractivity contribution in [3.8, 4) is 0 Å². The molecule has 0 bridgehead atoms. The maximum atomic E-state index is 12.5. The Morgan fingerprint density at radius 3 is 2.29 bits per heavy atom. The first-order chi connectivity index (χ1) is 10.1.